The van der Waals surface area contributed by atoms with E-state index >= 15 is 0 Å². The maximum Gasteiger partial charge on any atom is 0.268 e. The first-order chi connectivity index (χ1) is 14.0. The molecular formula is C22H24ClN3O2S. The van der Waals surface area contributed by atoms with Crippen LogP contribution in [0.3, 0.4) is 0 Å². The fourth-order valence-corrected chi connectivity index (χ4v) is 5.28. The van der Waals surface area contributed by atoms with Gasteiger partial charge in [-0.1, -0.05) is 31.0 Å². The second-order valence-corrected chi connectivity index (χ2v) is 8.90. The molecule has 1 amide bonds. The highest BCUT2D eigenvalue weighted by Gasteiger charge is 2.26. The van der Waals surface area contributed by atoms with Gasteiger partial charge in [0, 0.05) is 30.2 Å². The maximum atomic E-state index is 13.5. The van der Waals surface area contributed by atoms with Gasteiger partial charge in [0.1, 0.15) is 10.7 Å². The van der Waals surface area contributed by atoms with Gasteiger partial charge >= 0.3 is 0 Å². The number of fused-ring (bicyclic) bond motifs is 2. The molecule has 0 atom stereocenters. The minimum absolute atomic E-state index is 0.00972. The number of hydrogen-bond acceptors (Lipinski definition) is 4. The average molecular weight is 430 g/mol. The van der Waals surface area contributed by atoms with Crippen molar-refractivity contribution in [1.82, 2.24) is 9.55 Å². The molecule has 1 aromatic carbocycles. The summed E-state index contributed by atoms with van der Waals surface area (Å²) in [6, 6.07) is 7.32. The van der Waals surface area contributed by atoms with E-state index in [1.807, 2.05) is 30.5 Å². The molecule has 1 aliphatic heterocycles. The highest BCUT2D eigenvalue weighted by atomic mass is 35.5. The molecule has 0 saturated carbocycles. The van der Waals surface area contributed by atoms with Crippen molar-refractivity contribution in [3.8, 4) is 0 Å². The summed E-state index contributed by atoms with van der Waals surface area (Å²) in [5, 5.41) is 1.18. The molecule has 3 aromatic rings. The molecule has 0 radical (unpaired) electrons. The number of aryl methyl sites for hydroxylation is 2. The van der Waals surface area contributed by atoms with Gasteiger partial charge < -0.3 is 4.90 Å². The molecule has 4 rings (SSSR count). The normalized spacial score (nSPS) is 13.9. The van der Waals surface area contributed by atoms with Gasteiger partial charge in [0.05, 0.1) is 10.3 Å². The van der Waals surface area contributed by atoms with Gasteiger partial charge in [-0.25, -0.2) is 4.98 Å². The largest absolute Gasteiger partial charge is 0.308 e. The summed E-state index contributed by atoms with van der Waals surface area (Å²) in [4.78, 5) is 34.4. The fraction of sp³-hybridized carbons (Fsp3) is 0.409. The topological polar surface area (TPSA) is 55.2 Å². The summed E-state index contributed by atoms with van der Waals surface area (Å²) in [5.41, 5.74) is 1.49. The molecule has 1 aliphatic rings. The molecule has 29 heavy (non-hydrogen) atoms. The van der Waals surface area contributed by atoms with Crippen LogP contribution in [0, 0.1) is 6.92 Å². The van der Waals surface area contributed by atoms with Crippen molar-refractivity contribution in [2.45, 2.75) is 52.5 Å². The molecule has 0 bridgehead atoms. The van der Waals surface area contributed by atoms with Crippen LogP contribution in [-0.2, 0) is 13.0 Å². The summed E-state index contributed by atoms with van der Waals surface area (Å²) in [6.45, 7) is 5.18. The van der Waals surface area contributed by atoms with Crippen molar-refractivity contribution in [3.05, 3.63) is 55.9 Å². The molecular weight excluding hydrogens is 406 g/mol. The van der Waals surface area contributed by atoms with Crippen LogP contribution in [-0.4, -0.2) is 22.0 Å². The van der Waals surface area contributed by atoms with Crippen LogP contribution in [0.2, 0.25) is 5.02 Å². The zero-order chi connectivity index (χ0) is 20.5. The van der Waals surface area contributed by atoms with E-state index in [2.05, 4.69) is 0 Å². The van der Waals surface area contributed by atoms with Crippen molar-refractivity contribution >= 4 is 44.7 Å². The summed E-state index contributed by atoms with van der Waals surface area (Å²) in [6.07, 6.45) is 4.79. The summed E-state index contributed by atoms with van der Waals surface area (Å²) >= 11 is 7.48. The summed E-state index contributed by atoms with van der Waals surface area (Å²) in [7, 11) is 0. The van der Waals surface area contributed by atoms with E-state index in [4.69, 9.17) is 16.6 Å². The Morgan fingerprint density at radius 1 is 1.31 bits per heavy atom. The fourth-order valence-electron chi connectivity index (χ4n) is 3.95. The minimum atomic E-state index is -0.103. The van der Waals surface area contributed by atoms with Gasteiger partial charge in [0.15, 0.2) is 0 Å². The number of thiophene rings is 1. The zero-order valence-electron chi connectivity index (χ0n) is 16.7. The Kier molecular flexibility index (Phi) is 5.74. The van der Waals surface area contributed by atoms with E-state index in [1.165, 1.54) is 11.3 Å². The standard InChI is InChI=1S/C22H24ClN3O2S/c1-3-11-25(16-9-7-8-15(23)13-16)22(28)19-14(2)18-20(29-19)24-17-10-5-4-6-12-26(17)21(18)27/h7-9,13H,3-6,10-12H2,1-2H3. The number of benzene rings is 1. The van der Waals surface area contributed by atoms with Crippen LogP contribution in [0.4, 0.5) is 5.69 Å². The maximum absolute atomic E-state index is 13.5. The first-order valence-corrected chi connectivity index (χ1v) is 11.3. The third-order valence-electron chi connectivity index (χ3n) is 5.42. The molecule has 7 heteroatoms. The number of aromatic nitrogens is 2. The quantitative estimate of drug-likeness (QED) is 0.572. The van der Waals surface area contributed by atoms with Gasteiger partial charge in [-0.3, -0.25) is 14.2 Å². The molecule has 5 nitrogen and oxygen atoms in total. The van der Waals surface area contributed by atoms with Crippen molar-refractivity contribution in [3.63, 3.8) is 0 Å². The number of halogens is 1. The number of amides is 1. The molecule has 0 spiro atoms. The highest BCUT2D eigenvalue weighted by molar-refractivity contribution is 7.20. The Balaban J connectivity index is 1.82. The van der Waals surface area contributed by atoms with Crippen LogP contribution in [0.5, 0.6) is 0 Å². The lowest BCUT2D eigenvalue weighted by Crippen LogP contribution is -2.31. The van der Waals surface area contributed by atoms with E-state index < -0.39 is 0 Å². The number of hydrogen-bond donors (Lipinski definition) is 0. The first kappa shape index (κ1) is 20.1. The molecule has 3 heterocycles. The van der Waals surface area contributed by atoms with E-state index in [9.17, 15) is 9.59 Å². The van der Waals surface area contributed by atoms with E-state index in [-0.39, 0.29) is 11.5 Å². The molecule has 0 aliphatic carbocycles. The van der Waals surface area contributed by atoms with E-state index in [1.54, 1.807) is 17.0 Å². The number of carbonyl (C=O) groups excluding carboxylic acids is 1. The van der Waals surface area contributed by atoms with Gasteiger partial charge in [-0.15, -0.1) is 11.3 Å². The Hall–Kier alpha value is -2.18. The molecule has 152 valence electrons. The third kappa shape index (κ3) is 3.71. The van der Waals surface area contributed by atoms with E-state index in [0.29, 0.717) is 33.2 Å². The lowest BCUT2D eigenvalue weighted by Gasteiger charge is -2.22. The lowest BCUT2D eigenvalue weighted by atomic mass is 10.1. The second kappa shape index (κ2) is 8.28. The number of anilines is 1. The van der Waals surface area contributed by atoms with Gasteiger partial charge in [-0.05, 0) is 49.9 Å². The van der Waals surface area contributed by atoms with Crippen LogP contribution >= 0.6 is 22.9 Å². The van der Waals surface area contributed by atoms with Crippen molar-refractivity contribution < 1.29 is 4.79 Å². The monoisotopic (exact) mass is 429 g/mol. The molecule has 0 saturated heterocycles. The lowest BCUT2D eigenvalue weighted by molar-refractivity contribution is 0.0990. The Morgan fingerprint density at radius 2 is 2.14 bits per heavy atom. The third-order valence-corrected chi connectivity index (χ3v) is 6.83. The predicted molar refractivity (Wildman–Crippen MR) is 120 cm³/mol. The highest BCUT2D eigenvalue weighted by Crippen LogP contribution is 2.31. The van der Waals surface area contributed by atoms with Crippen LogP contribution in [0.25, 0.3) is 10.2 Å². The number of carbonyl (C=O) groups is 1. The van der Waals surface area contributed by atoms with Crippen molar-refractivity contribution in [2.75, 3.05) is 11.4 Å². The summed E-state index contributed by atoms with van der Waals surface area (Å²) < 4.78 is 1.81. The van der Waals surface area contributed by atoms with Gasteiger partial charge in [0.2, 0.25) is 0 Å². The smallest absolute Gasteiger partial charge is 0.268 e. The molecule has 0 unspecified atom stereocenters. The Labute approximate surface area is 178 Å². The predicted octanol–water partition coefficient (Wildman–Crippen LogP) is 5.20. The molecule has 0 N–H and O–H groups in total. The second-order valence-electron chi connectivity index (χ2n) is 7.47. The van der Waals surface area contributed by atoms with Crippen LogP contribution < -0.4 is 10.5 Å². The molecule has 0 fully saturated rings. The van der Waals surface area contributed by atoms with E-state index in [0.717, 1.165) is 49.2 Å². The van der Waals surface area contributed by atoms with Crippen molar-refractivity contribution in [1.29, 1.82) is 0 Å². The zero-order valence-corrected chi connectivity index (χ0v) is 18.3. The Bertz CT molecular complexity index is 1140. The van der Waals surface area contributed by atoms with Crippen LogP contribution in [0.1, 0.15) is 53.7 Å². The molecule has 2 aromatic heterocycles. The van der Waals surface area contributed by atoms with Gasteiger partial charge in [0.25, 0.3) is 11.5 Å². The first-order valence-electron chi connectivity index (χ1n) is 10.1. The average Bonchev–Trinajstić information content (AvgIpc) is 2.87. The van der Waals surface area contributed by atoms with Crippen LogP contribution in [0.15, 0.2) is 29.1 Å². The SMILES string of the molecule is CCCN(C(=O)c1sc2nc3n(c(=O)c2c1C)CCCCC3)c1cccc(Cl)c1. The number of nitrogens with zero attached hydrogens (tertiary/aromatic N) is 3. The minimum Gasteiger partial charge on any atom is -0.308 e. The summed E-state index contributed by atoms with van der Waals surface area (Å²) in [5.74, 6) is 0.745. The Morgan fingerprint density at radius 3 is 2.90 bits per heavy atom. The number of rotatable bonds is 4. The van der Waals surface area contributed by atoms with Crippen molar-refractivity contribution in [2.24, 2.45) is 0 Å². The van der Waals surface area contributed by atoms with Gasteiger partial charge in [-0.2, -0.15) is 0 Å².